The van der Waals surface area contributed by atoms with E-state index in [0.717, 1.165) is 5.56 Å². The number of carbonyl (C=O) groups is 4. The van der Waals surface area contributed by atoms with Crippen molar-refractivity contribution in [3.8, 4) is 5.75 Å². The molecule has 2 rings (SSSR count). The van der Waals surface area contributed by atoms with Gasteiger partial charge in [-0.1, -0.05) is 52.3 Å². The normalized spacial score (nSPS) is 14.8. The molecule has 0 aliphatic carbocycles. The molecule has 0 saturated heterocycles. The number of aromatic hydroxyl groups is 1. The van der Waals surface area contributed by atoms with Gasteiger partial charge in [0.2, 0.25) is 17.7 Å². The van der Waals surface area contributed by atoms with E-state index >= 15 is 0 Å². The van der Waals surface area contributed by atoms with Crippen LogP contribution in [0, 0.1) is 11.8 Å². The first-order valence-corrected chi connectivity index (χ1v) is 13.5. The van der Waals surface area contributed by atoms with Crippen LogP contribution in [0.15, 0.2) is 48.8 Å². The Morgan fingerprint density at radius 1 is 0.875 bits per heavy atom. The largest absolute Gasteiger partial charge is 0.508 e. The predicted molar refractivity (Wildman–Crippen MR) is 150 cm³/mol. The maximum Gasteiger partial charge on any atom is 0.326 e. The fourth-order valence-electron chi connectivity index (χ4n) is 4.13. The zero-order chi connectivity index (χ0) is 29.8. The van der Waals surface area contributed by atoms with E-state index in [0.29, 0.717) is 18.4 Å². The van der Waals surface area contributed by atoms with Gasteiger partial charge in [0.1, 0.15) is 23.9 Å². The summed E-state index contributed by atoms with van der Waals surface area (Å²) in [7, 11) is 0. The lowest BCUT2D eigenvalue weighted by atomic mass is 9.96. The molecule has 40 heavy (non-hydrogen) atoms. The van der Waals surface area contributed by atoms with Crippen LogP contribution in [0.1, 0.15) is 51.7 Å². The van der Waals surface area contributed by atoms with Crippen LogP contribution in [0.25, 0.3) is 0 Å². The van der Waals surface area contributed by atoms with Crippen LogP contribution in [-0.2, 0) is 32.0 Å². The summed E-state index contributed by atoms with van der Waals surface area (Å²) in [6, 6.07) is 5.43. The molecule has 0 bridgehead atoms. The van der Waals surface area contributed by atoms with Gasteiger partial charge >= 0.3 is 5.97 Å². The van der Waals surface area contributed by atoms with Crippen molar-refractivity contribution in [1.29, 1.82) is 0 Å². The lowest BCUT2D eigenvalue weighted by Gasteiger charge is -2.28. The van der Waals surface area contributed by atoms with Crippen LogP contribution >= 0.6 is 0 Å². The minimum Gasteiger partial charge on any atom is -0.508 e. The highest BCUT2D eigenvalue weighted by molar-refractivity contribution is 5.94. The van der Waals surface area contributed by atoms with Crippen LogP contribution < -0.4 is 21.7 Å². The Morgan fingerprint density at radius 2 is 1.52 bits per heavy atom. The number of benzene rings is 1. The summed E-state index contributed by atoms with van der Waals surface area (Å²) in [4.78, 5) is 55.5. The first-order valence-electron chi connectivity index (χ1n) is 13.5. The SMILES string of the molecule is CC[C@H](C)[C@H](NC(=O)[C@H](CC(C)C)NC(=O)[C@@H](N)Cc1cccnc1)C(=O)N[C@@H](Cc1ccc(O)cc1)C(=O)O. The van der Waals surface area contributed by atoms with Gasteiger partial charge in [-0.15, -0.1) is 0 Å². The molecule has 218 valence electrons. The molecule has 0 aliphatic heterocycles. The van der Waals surface area contributed by atoms with Crippen molar-refractivity contribution in [2.24, 2.45) is 17.6 Å². The van der Waals surface area contributed by atoms with Gasteiger partial charge in [0.25, 0.3) is 0 Å². The van der Waals surface area contributed by atoms with Crippen molar-refractivity contribution in [2.75, 3.05) is 0 Å². The summed E-state index contributed by atoms with van der Waals surface area (Å²) in [5.74, 6) is -3.17. The van der Waals surface area contributed by atoms with E-state index < -0.39 is 47.9 Å². The summed E-state index contributed by atoms with van der Waals surface area (Å²) < 4.78 is 0. The van der Waals surface area contributed by atoms with Gasteiger partial charge < -0.3 is 31.9 Å². The smallest absolute Gasteiger partial charge is 0.326 e. The number of phenols is 1. The molecule has 11 nitrogen and oxygen atoms in total. The molecular formula is C29H41N5O6. The number of carboxylic acid groups (broad SMARTS) is 1. The highest BCUT2D eigenvalue weighted by Crippen LogP contribution is 2.14. The summed E-state index contributed by atoms with van der Waals surface area (Å²) in [5, 5.41) is 27.2. The molecule has 2 aromatic rings. The molecule has 0 unspecified atom stereocenters. The minimum absolute atomic E-state index is 0.0105. The molecule has 0 fully saturated rings. The third kappa shape index (κ3) is 10.3. The van der Waals surface area contributed by atoms with E-state index in [1.807, 2.05) is 20.8 Å². The monoisotopic (exact) mass is 555 g/mol. The second-order valence-electron chi connectivity index (χ2n) is 10.5. The van der Waals surface area contributed by atoms with E-state index in [9.17, 15) is 29.4 Å². The molecule has 0 radical (unpaired) electrons. The van der Waals surface area contributed by atoms with E-state index in [2.05, 4.69) is 20.9 Å². The number of aromatic nitrogens is 1. The lowest BCUT2D eigenvalue weighted by Crippen LogP contribution is -2.59. The molecule has 11 heteroatoms. The Bertz CT molecular complexity index is 1130. The van der Waals surface area contributed by atoms with Gasteiger partial charge in [0, 0.05) is 18.8 Å². The van der Waals surface area contributed by atoms with Crippen molar-refractivity contribution in [1.82, 2.24) is 20.9 Å². The molecule has 5 atom stereocenters. The fourth-order valence-corrected chi connectivity index (χ4v) is 4.13. The number of pyridine rings is 1. The minimum atomic E-state index is -1.25. The van der Waals surface area contributed by atoms with Crippen molar-refractivity contribution in [3.63, 3.8) is 0 Å². The number of hydrogen-bond acceptors (Lipinski definition) is 7. The number of hydrogen-bond donors (Lipinski definition) is 6. The number of rotatable bonds is 15. The Balaban J connectivity index is 2.14. The molecule has 1 aromatic heterocycles. The molecule has 7 N–H and O–H groups in total. The second-order valence-corrected chi connectivity index (χ2v) is 10.5. The number of amides is 3. The molecular weight excluding hydrogens is 514 g/mol. The first-order chi connectivity index (χ1) is 18.9. The van der Waals surface area contributed by atoms with Crippen molar-refractivity contribution < 1.29 is 29.4 Å². The van der Waals surface area contributed by atoms with E-state index in [1.165, 1.54) is 12.1 Å². The summed E-state index contributed by atoms with van der Waals surface area (Å²) in [5.41, 5.74) is 7.49. The van der Waals surface area contributed by atoms with Crippen molar-refractivity contribution in [3.05, 3.63) is 59.9 Å². The summed E-state index contributed by atoms with van der Waals surface area (Å²) in [6.07, 6.45) is 4.31. The maximum atomic E-state index is 13.4. The van der Waals surface area contributed by atoms with Crippen LogP contribution in [0.3, 0.4) is 0 Å². The van der Waals surface area contributed by atoms with Crippen molar-refractivity contribution >= 4 is 23.7 Å². The Labute approximate surface area is 235 Å². The van der Waals surface area contributed by atoms with Gasteiger partial charge in [0.15, 0.2) is 0 Å². The number of nitrogens with two attached hydrogens (primary N) is 1. The topological polar surface area (TPSA) is 184 Å². The molecule has 3 amide bonds. The number of nitrogens with zero attached hydrogens (tertiary/aromatic N) is 1. The summed E-state index contributed by atoms with van der Waals surface area (Å²) >= 11 is 0. The lowest BCUT2D eigenvalue weighted by molar-refractivity contribution is -0.142. The number of aliphatic carboxylic acids is 1. The van der Waals surface area contributed by atoms with Gasteiger partial charge in [-0.25, -0.2) is 4.79 Å². The van der Waals surface area contributed by atoms with Crippen LogP contribution in [0.5, 0.6) is 5.75 Å². The number of carboxylic acids is 1. The van der Waals surface area contributed by atoms with E-state index in [1.54, 1.807) is 43.6 Å². The quantitative estimate of drug-likeness (QED) is 0.191. The molecule has 0 aliphatic rings. The van der Waals surface area contributed by atoms with Gasteiger partial charge in [-0.05, 0) is 54.0 Å². The third-order valence-corrected chi connectivity index (χ3v) is 6.64. The van der Waals surface area contributed by atoms with E-state index in [-0.39, 0.29) is 30.4 Å². The van der Waals surface area contributed by atoms with Gasteiger partial charge in [-0.3, -0.25) is 19.4 Å². The average Bonchev–Trinajstić information content (AvgIpc) is 2.91. The van der Waals surface area contributed by atoms with Crippen LogP contribution in [0.2, 0.25) is 0 Å². The highest BCUT2D eigenvalue weighted by Gasteiger charge is 2.33. The molecule has 1 aromatic carbocycles. The maximum absolute atomic E-state index is 13.4. The van der Waals surface area contributed by atoms with Crippen molar-refractivity contribution in [2.45, 2.75) is 77.5 Å². The van der Waals surface area contributed by atoms with Crippen LogP contribution in [-0.4, -0.2) is 63.1 Å². The molecule has 0 saturated carbocycles. The van der Waals surface area contributed by atoms with Gasteiger partial charge in [0.05, 0.1) is 6.04 Å². The fraction of sp³-hybridized carbons (Fsp3) is 0.483. The average molecular weight is 556 g/mol. The Morgan fingerprint density at radius 3 is 2.08 bits per heavy atom. The van der Waals surface area contributed by atoms with E-state index in [4.69, 9.17) is 5.73 Å². The molecule has 0 spiro atoms. The number of phenolic OH excluding ortho intramolecular Hbond substituents is 1. The third-order valence-electron chi connectivity index (χ3n) is 6.64. The second kappa shape index (κ2) is 15.6. The standard InChI is InChI=1S/C29H41N5O6/c1-5-18(4)25(28(38)33-24(29(39)40)15-19-8-10-21(35)11-9-19)34-27(37)23(13-17(2)3)32-26(36)22(30)14-20-7-6-12-31-16-20/h6-12,16-18,22-25,35H,5,13-15,30H2,1-4H3,(H,32,36)(H,33,38)(H,34,37)(H,39,40)/t18-,22-,23-,24-,25-/m0/s1. The molecule has 1 heterocycles. The zero-order valence-corrected chi connectivity index (χ0v) is 23.5. The Hall–Kier alpha value is -3.99. The Kier molecular flexibility index (Phi) is 12.5. The van der Waals surface area contributed by atoms with Crippen LogP contribution in [0.4, 0.5) is 0 Å². The first kappa shape index (κ1) is 32.2. The predicted octanol–water partition coefficient (Wildman–Crippen LogP) is 1.53. The highest BCUT2D eigenvalue weighted by atomic mass is 16.4. The summed E-state index contributed by atoms with van der Waals surface area (Å²) in [6.45, 7) is 7.44. The number of carbonyl (C=O) groups excluding carboxylic acids is 3. The zero-order valence-electron chi connectivity index (χ0n) is 23.5. The van der Waals surface area contributed by atoms with Gasteiger partial charge in [-0.2, -0.15) is 0 Å². The number of nitrogens with one attached hydrogen (secondary N) is 3.